The maximum absolute atomic E-state index is 11.8. The molecule has 1 amide bonds. The SMILES string of the molecule is CC(CC(N)=NO)NC(=O)c1ccccc1Cl. The number of nitrogens with two attached hydrogens (primary N) is 1. The molecule has 0 bridgehead atoms. The van der Waals surface area contributed by atoms with Gasteiger partial charge in [0.2, 0.25) is 0 Å². The van der Waals surface area contributed by atoms with Gasteiger partial charge in [-0.15, -0.1) is 0 Å². The highest BCUT2D eigenvalue weighted by Crippen LogP contribution is 2.14. The van der Waals surface area contributed by atoms with Crippen LogP contribution in [0.15, 0.2) is 29.4 Å². The maximum atomic E-state index is 11.8. The molecule has 0 aliphatic rings. The minimum atomic E-state index is -0.283. The molecule has 17 heavy (non-hydrogen) atoms. The molecule has 0 aliphatic heterocycles. The molecule has 0 spiro atoms. The van der Waals surface area contributed by atoms with E-state index < -0.39 is 0 Å². The van der Waals surface area contributed by atoms with E-state index in [4.69, 9.17) is 22.5 Å². The topological polar surface area (TPSA) is 87.7 Å². The number of hydrogen-bond donors (Lipinski definition) is 3. The highest BCUT2D eigenvalue weighted by Gasteiger charge is 2.13. The Bertz CT molecular complexity index is 434. The zero-order chi connectivity index (χ0) is 12.8. The summed E-state index contributed by atoms with van der Waals surface area (Å²) in [6.07, 6.45) is 0.271. The van der Waals surface area contributed by atoms with E-state index in [0.29, 0.717) is 10.6 Å². The number of hydrogen-bond acceptors (Lipinski definition) is 3. The molecule has 0 heterocycles. The fraction of sp³-hybridized carbons (Fsp3) is 0.273. The van der Waals surface area contributed by atoms with Gasteiger partial charge in [-0.25, -0.2) is 0 Å². The standard InChI is InChI=1S/C11H14ClN3O2/c1-7(6-10(13)15-17)14-11(16)8-4-2-3-5-9(8)12/h2-5,7,17H,6H2,1H3,(H2,13,15)(H,14,16). The highest BCUT2D eigenvalue weighted by atomic mass is 35.5. The Kier molecular flexibility index (Phi) is 4.78. The summed E-state index contributed by atoms with van der Waals surface area (Å²) in [6.45, 7) is 1.76. The van der Waals surface area contributed by atoms with Gasteiger partial charge in [0.15, 0.2) is 0 Å². The number of amidine groups is 1. The summed E-state index contributed by atoms with van der Waals surface area (Å²) in [5.74, 6) is -0.217. The van der Waals surface area contributed by atoms with Crippen molar-refractivity contribution in [1.29, 1.82) is 0 Å². The zero-order valence-electron chi connectivity index (χ0n) is 9.35. The van der Waals surface area contributed by atoms with Crippen LogP contribution in [0.4, 0.5) is 0 Å². The Balaban J connectivity index is 2.64. The lowest BCUT2D eigenvalue weighted by atomic mass is 10.1. The second-order valence-electron chi connectivity index (χ2n) is 3.65. The summed E-state index contributed by atoms with van der Waals surface area (Å²) in [6, 6.07) is 6.52. The fourth-order valence-electron chi connectivity index (χ4n) is 1.35. The van der Waals surface area contributed by atoms with Crippen LogP contribution < -0.4 is 11.1 Å². The van der Waals surface area contributed by atoms with Crippen molar-refractivity contribution in [2.24, 2.45) is 10.9 Å². The first-order valence-corrected chi connectivity index (χ1v) is 5.44. The summed E-state index contributed by atoms with van der Waals surface area (Å²) < 4.78 is 0. The number of halogens is 1. The molecule has 0 aromatic heterocycles. The van der Waals surface area contributed by atoms with Crippen molar-refractivity contribution in [1.82, 2.24) is 5.32 Å². The number of carbonyl (C=O) groups excluding carboxylic acids is 1. The second kappa shape index (κ2) is 6.10. The monoisotopic (exact) mass is 255 g/mol. The Labute approximate surface area is 104 Å². The van der Waals surface area contributed by atoms with Crippen molar-refractivity contribution in [3.63, 3.8) is 0 Å². The second-order valence-corrected chi connectivity index (χ2v) is 4.06. The molecule has 0 saturated heterocycles. The van der Waals surface area contributed by atoms with Crippen molar-refractivity contribution < 1.29 is 10.0 Å². The van der Waals surface area contributed by atoms with Crippen LogP contribution in [0.1, 0.15) is 23.7 Å². The highest BCUT2D eigenvalue weighted by molar-refractivity contribution is 6.33. The Morgan fingerprint density at radius 1 is 1.59 bits per heavy atom. The first-order chi connectivity index (χ1) is 8.04. The van der Waals surface area contributed by atoms with Gasteiger partial charge < -0.3 is 16.3 Å². The van der Waals surface area contributed by atoms with Gasteiger partial charge in [0.1, 0.15) is 5.84 Å². The van der Waals surface area contributed by atoms with Crippen LogP contribution in [-0.2, 0) is 0 Å². The van der Waals surface area contributed by atoms with Crippen LogP contribution in [0, 0.1) is 0 Å². The molecule has 0 radical (unpaired) electrons. The van der Waals surface area contributed by atoms with E-state index >= 15 is 0 Å². The average Bonchev–Trinajstić information content (AvgIpc) is 2.29. The molecule has 1 unspecified atom stereocenters. The van der Waals surface area contributed by atoms with Crippen molar-refractivity contribution in [2.45, 2.75) is 19.4 Å². The zero-order valence-corrected chi connectivity index (χ0v) is 10.1. The van der Waals surface area contributed by atoms with Crippen molar-refractivity contribution >= 4 is 23.3 Å². The quantitative estimate of drug-likeness (QED) is 0.330. The fourth-order valence-corrected chi connectivity index (χ4v) is 1.57. The van der Waals surface area contributed by atoms with Crippen LogP contribution in [0.2, 0.25) is 5.02 Å². The van der Waals surface area contributed by atoms with E-state index in [2.05, 4.69) is 10.5 Å². The Hall–Kier alpha value is -1.75. The molecule has 1 rings (SSSR count). The normalized spacial score (nSPS) is 13.2. The molecule has 0 saturated carbocycles. The number of oxime groups is 1. The first kappa shape index (κ1) is 13.3. The van der Waals surface area contributed by atoms with Gasteiger partial charge >= 0.3 is 0 Å². The third-order valence-electron chi connectivity index (χ3n) is 2.14. The van der Waals surface area contributed by atoms with E-state index in [1.165, 1.54) is 0 Å². The third-order valence-corrected chi connectivity index (χ3v) is 2.47. The van der Waals surface area contributed by atoms with Crippen molar-refractivity contribution in [3.05, 3.63) is 34.9 Å². The van der Waals surface area contributed by atoms with E-state index in [1.54, 1.807) is 31.2 Å². The Morgan fingerprint density at radius 3 is 2.82 bits per heavy atom. The number of nitrogens with one attached hydrogen (secondary N) is 1. The van der Waals surface area contributed by atoms with Gasteiger partial charge in [0.05, 0.1) is 10.6 Å². The van der Waals surface area contributed by atoms with Gasteiger partial charge in [0.25, 0.3) is 5.91 Å². The van der Waals surface area contributed by atoms with Crippen LogP contribution >= 0.6 is 11.6 Å². The average molecular weight is 256 g/mol. The number of benzene rings is 1. The molecule has 4 N–H and O–H groups in total. The summed E-state index contributed by atoms with van der Waals surface area (Å²) in [5.41, 5.74) is 5.74. The molecule has 1 aromatic carbocycles. The molecule has 6 heteroatoms. The predicted octanol–water partition coefficient (Wildman–Crippen LogP) is 1.59. The van der Waals surface area contributed by atoms with Crippen LogP contribution in [0.5, 0.6) is 0 Å². The number of amides is 1. The lowest BCUT2D eigenvalue weighted by molar-refractivity contribution is 0.0941. The first-order valence-electron chi connectivity index (χ1n) is 5.06. The molecule has 1 atom stereocenters. The van der Waals surface area contributed by atoms with Crippen molar-refractivity contribution in [2.75, 3.05) is 0 Å². The smallest absolute Gasteiger partial charge is 0.253 e. The van der Waals surface area contributed by atoms with E-state index in [9.17, 15) is 4.79 Å². The van der Waals surface area contributed by atoms with Gasteiger partial charge in [-0.3, -0.25) is 4.79 Å². The van der Waals surface area contributed by atoms with Crippen LogP contribution in [-0.4, -0.2) is 23.0 Å². The van der Waals surface area contributed by atoms with Crippen molar-refractivity contribution in [3.8, 4) is 0 Å². The molecule has 0 fully saturated rings. The van der Waals surface area contributed by atoms with Crippen LogP contribution in [0.25, 0.3) is 0 Å². The van der Waals surface area contributed by atoms with Crippen LogP contribution in [0.3, 0.4) is 0 Å². The molecule has 0 aliphatic carbocycles. The van der Waals surface area contributed by atoms with Gasteiger partial charge in [-0.05, 0) is 19.1 Å². The molecule has 5 nitrogen and oxygen atoms in total. The van der Waals surface area contributed by atoms with E-state index in [0.717, 1.165) is 0 Å². The minimum Gasteiger partial charge on any atom is -0.409 e. The Morgan fingerprint density at radius 2 is 2.24 bits per heavy atom. The lowest BCUT2D eigenvalue weighted by Crippen LogP contribution is -2.35. The third kappa shape index (κ3) is 3.96. The van der Waals surface area contributed by atoms with E-state index in [-0.39, 0.29) is 24.2 Å². The van der Waals surface area contributed by atoms with Gasteiger partial charge in [0, 0.05) is 12.5 Å². The number of carbonyl (C=O) groups is 1. The summed E-state index contributed by atoms with van der Waals surface area (Å²) in [5, 5.41) is 14.3. The van der Waals surface area contributed by atoms with Gasteiger partial charge in [-0.1, -0.05) is 28.9 Å². The minimum absolute atomic E-state index is 0.0666. The number of rotatable bonds is 4. The molecule has 92 valence electrons. The predicted molar refractivity (Wildman–Crippen MR) is 66.4 cm³/mol. The summed E-state index contributed by atoms with van der Waals surface area (Å²) in [4.78, 5) is 11.8. The lowest BCUT2D eigenvalue weighted by Gasteiger charge is -2.13. The molecular formula is C11H14ClN3O2. The molecule has 1 aromatic rings. The van der Waals surface area contributed by atoms with E-state index in [1.807, 2.05) is 0 Å². The maximum Gasteiger partial charge on any atom is 0.253 e. The van der Waals surface area contributed by atoms with Gasteiger partial charge in [-0.2, -0.15) is 0 Å². The molecular weight excluding hydrogens is 242 g/mol. The summed E-state index contributed by atoms with van der Waals surface area (Å²) >= 11 is 5.89. The largest absolute Gasteiger partial charge is 0.409 e. The summed E-state index contributed by atoms with van der Waals surface area (Å²) in [7, 11) is 0. The number of nitrogens with zero attached hydrogens (tertiary/aromatic N) is 1.